The lowest BCUT2D eigenvalue weighted by Gasteiger charge is -2.33. The van der Waals surface area contributed by atoms with E-state index in [1.807, 2.05) is 0 Å². The van der Waals surface area contributed by atoms with E-state index >= 15 is 0 Å². The van der Waals surface area contributed by atoms with Crippen molar-refractivity contribution in [3.05, 3.63) is 60.1 Å². The number of methoxy groups -OCH3 is 5. The normalized spacial score (nSPS) is 14.1. The van der Waals surface area contributed by atoms with Gasteiger partial charge in [0.2, 0.25) is 11.7 Å². The van der Waals surface area contributed by atoms with Gasteiger partial charge in [0.05, 0.1) is 41.8 Å². The predicted octanol–water partition coefficient (Wildman–Crippen LogP) is 5.16. The molecule has 10 nitrogen and oxygen atoms in total. The Balaban J connectivity index is 1.93. The van der Waals surface area contributed by atoms with Crippen molar-refractivity contribution in [2.75, 3.05) is 40.4 Å². The van der Waals surface area contributed by atoms with Gasteiger partial charge in [-0.2, -0.15) is 0 Å². The summed E-state index contributed by atoms with van der Waals surface area (Å²) < 4.78 is 33.1. The third-order valence-corrected chi connectivity index (χ3v) is 7.06. The number of rotatable bonds is 11. The minimum atomic E-state index is -1.13. The third kappa shape index (κ3) is 5.95. The molecule has 1 N–H and O–H groups in total. The Kier molecular flexibility index (Phi) is 9.42. The molecule has 1 fully saturated rings. The summed E-state index contributed by atoms with van der Waals surface area (Å²) in [5, 5.41) is 3.19. The number of furan rings is 1. The summed E-state index contributed by atoms with van der Waals surface area (Å²) in [6, 6.07) is 10.4. The average molecular weight is 553 g/mol. The van der Waals surface area contributed by atoms with Gasteiger partial charge in [0.1, 0.15) is 6.04 Å². The molecule has 10 heteroatoms. The minimum Gasteiger partial charge on any atom is -0.493 e. The minimum absolute atomic E-state index is 0.00300. The number of nitrogens with one attached hydrogen (secondary N) is 1. The van der Waals surface area contributed by atoms with Crippen LogP contribution in [0.5, 0.6) is 28.7 Å². The summed E-state index contributed by atoms with van der Waals surface area (Å²) in [5.74, 6) is 1.15. The molecule has 0 spiro atoms. The van der Waals surface area contributed by atoms with Crippen LogP contribution in [0.15, 0.2) is 53.1 Å². The molecule has 4 rings (SSSR count). The summed E-state index contributed by atoms with van der Waals surface area (Å²) in [6.07, 6.45) is 6.36. The second-order valence-corrected chi connectivity index (χ2v) is 9.40. The smallest absolute Gasteiger partial charge is 0.294 e. The summed E-state index contributed by atoms with van der Waals surface area (Å²) in [7, 11) is 7.53. The maximum absolute atomic E-state index is 14.2. The van der Waals surface area contributed by atoms with Gasteiger partial charge in [0, 0.05) is 17.8 Å². The summed E-state index contributed by atoms with van der Waals surface area (Å²) >= 11 is 0. The third-order valence-electron chi connectivity index (χ3n) is 7.06. The Morgan fingerprint density at radius 1 is 0.825 bits per heavy atom. The zero-order valence-corrected chi connectivity index (χ0v) is 23.5. The zero-order valence-electron chi connectivity index (χ0n) is 23.5. The van der Waals surface area contributed by atoms with Crippen LogP contribution in [0.4, 0.5) is 5.69 Å². The second-order valence-electron chi connectivity index (χ2n) is 9.40. The van der Waals surface area contributed by atoms with Gasteiger partial charge in [0.25, 0.3) is 5.91 Å². The number of anilines is 1. The van der Waals surface area contributed by atoms with Crippen molar-refractivity contribution in [2.45, 2.75) is 44.2 Å². The van der Waals surface area contributed by atoms with Gasteiger partial charge in [-0.25, -0.2) is 0 Å². The first-order valence-corrected chi connectivity index (χ1v) is 13.1. The average Bonchev–Trinajstić information content (AvgIpc) is 3.54. The van der Waals surface area contributed by atoms with E-state index in [9.17, 15) is 9.59 Å². The SMILES string of the molecule is COc1ccc(N(C(=O)c2ccco2)[C@H](C(=O)NC2CCCCC2)c2cc(OC)c(OC)c(OC)c2)cc1OC. The maximum atomic E-state index is 14.2. The van der Waals surface area contributed by atoms with Crippen LogP contribution in [-0.2, 0) is 4.79 Å². The molecule has 0 radical (unpaired) electrons. The largest absolute Gasteiger partial charge is 0.493 e. The standard InChI is InChI=1S/C30H36N2O8/c1-35-22-14-13-21(18-24(22)36-2)32(30(34)23-12-9-15-40-23)27(29(33)31-20-10-7-6-8-11-20)19-16-25(37-3)28(39-5)26(17-19)38-4/h9,12-18,20,27H,6-8,10-11H2,1-5H3,(H,31,33)/t27-/m0/s1. The number of ether oxygens (including phenoxy) is 5. The van der Waals surface area contributed by atoms with Gasteiger partial charge in [-0.05, 0) is 54.8 Å². The Bertz CT molecular complexity index is 1280. The lowest BCUT2D eigenvalue weighted by Crippen LogP contribution is -2.47. The summed E-state index contributed by atoms with van der Waals surface area (Å²) in [4.78, 5) is 29.7. The Morgan fingerprint density at radius 2 is 1.48 bits per heavy atom. The number of amides is 2. The van der Waals surface area contributed by atoms with Crippen LogP contribution in [0.3, 0.4) is 0 Å². The van der Waals surface area contributed by atoms with E-state index < -0.39 is 11.9 Å². The topological polar surface area (TPSA) is 109 Å². The summed E-state index contributed by atoms with van der Waals surface area (Å²) in [6.45, 7) is 0. The van der Waals surface area contributed by atoms with Crippen molar-refractivity contribution in [1.82, 2.24) is 5.32 Å². The first-order chi connectivity index (χ1) is 19.4. The van der Waals surface area contributed by atoms with E-state index in [1.54, 1.807) is 42.5 Å². The van der Waals surface area contributed by atoms with Crippen molar-refractivity contribution in [2.24, 2.45) is 0 Å². The molecular formula is C30H36N2O8. The molecule has 1 aliphatic rings. The molecule has 0 aliphatic heterocycles. The second kappa shape index (κ2) is 13.1. The van der Waals surface area contributed by atoms with Crippen LogP contribution >= 0.6 is 0 Å². The number of hydrogen-bond acceptors (Lipinski definition) is 8. The molecule has 1 aromatic heterocycles. The van der Waals surface area contributed by atoms with E-state index in [2.05, 4.69) is 5.32 Å². The van der Waals surface area contributed by atoms with E-state index in [-0.39, 0.29) is 17.7 Å². The molecule has 3 aromatic rings. The molecule has 0 unspecified atom stereocenters. The number of benzene rings is 2. The highest BCUT2D eigenvalue weighted by atomic mass is 16.5. The Morgan fingerprint density at radius 3 is 2.02 bits per heavy atom. The fourth-order valence-electron chi connectivity index (χ4n) is 5.08. The van der Waals surface area contributed by atoms with Crippen LogP contribution in [0.25, 0.3) is 0 Å². The zero-order chi connectivity index (χ0) is 28.6. The number of nitrogens with zero attached hydrogens (tertiary/aromatic N) is 1. The van der Waals surface area contributed by atoms with Crippen molar-refractivity contribution in [3.63, 3.8) is 0 Å². The van der Waals surface area contributed by atoms with Crippen molar-refractivity contribution in [3.8, 4) is 28.7 Å². The van der Waals surface area contributed by atoms with Crippen LogP contribution in [0, 0.1) is 0 Å². The summed E-state index contributed by atoms with van der Waals surface area (Å²) in [5.41, 5.74) is 0.856. The molecule has 0 saturated heterocycles. The highest BCUT2D eigenvalue weighted by molar-refractivity contribution is 6.09. The molecule has 1 atom stereocenters. The highest BCUT2D eigenvalue weighted by Crippen LogP contribution is 2.43. The van der Waals surface area contributed by atoms with E-state index in [0.29, 0.717) is 40.0 Å². The van der Waals surface area contributed by atoms with Crippen molar-refractivity contribution in [1.29, 1.82) is 0 Å². The van der Waals surface area contributed by atoms with Crippen LogP contribution in [0.1, 0.15) is 54.3 Å². The Hall–Kier alpha value is -4.34. The molecular weight excluding hydrogens is 516 g/mol. The Labute approximate surface area is 234 Å². The molecule has 1 aliphatic carbocycles. The predicted molar refractivity (Wildman–Crippen MR) is 149 cm³/mol. The first kappa shape index (κ1) is 28.7. The fraction of sp³-hybridized carbons (Fsp3) is 0.400. The first-order valence-electron chi connectivity index (χ1n) is 13.1. The van der Waals surface area contributed by atoms with E-state index in [4.69, 9.17) is 28.1 Å². The molecule has 40 heavy (non-hydrogen) atoms. The van der Waals surface area contributed by atoms with Crippen LogP contribution in [0.2, 0.25) is 0 Å². The molecule has 2 amide bonds. The van der Waals surface area contributed by atoms with Gasteiger partial charge in [-0.15, -0.1) is 0 Å². The van der Waals surface area contributed by atoms with Gasteiger partial charge in [-0.3, -0.25) is 14.5 Å². The van der Waals surface area contributed by atoms with Gasteiger partial charge < -0.3 is 33.4 Å². The molecule has 214 valence electrons. The van der Waals surface area contributed by atoms with Crippen molar-refractivity contribution < 1.29 is 37.7 Å². The van der Waals surface area contributed by atoms with Gasteiger partial charge in [-0.1, -0.05) is 19.3 Å². The monoisotopic (exact) mass is 552 g/mol. The molecule has 1 saturated carbocycles. The number of carbonyl (C=O) groups is 2. The van der Waals surface area contributed by atoms with Crippen LogP contribution < -0.4 is 33.9 Å². The van der Waals surface area contributed by atoms with Gasteiger partial charge in [0.15, 0.2) is 28.8 Å². The van der Waals surface area contributed by atoms with E-state index in [0.717, 1.165) is 32.1 Å². The fourth-order valence-corrected chi connectivity index (χ4v) is 5.08. The van der Waals surface area contributed by atoms with Crippen molar-refractivity contribution >= 4 is 17.5 Å². The maximum Gasteiger partial charge on any atom is 0.294 e. The van der Waals surface area contributed by atoms with Gasteiger partial charge >= 0.3 is 0 Å². The number of hydrogen-bond donors (Lipinski definition) is 1. The number of carbonyl (C=O) groups excluding carboxylic acids is 2. The molecule has 0 bridgehead atoms. The van der Waals surface area contributed by atoms with E-state index in [1.165, 1.54) is 46.7 Å². The highest BCUT2D eigenvalue weighted by Gasteiger charge is 2.37. The molecule has 1 heterocycles. The quantitative estimate of drug-likeness (QED) is 0.348. The van der Waals surface area contributed by atoms with Crippen LogP contribution in [-0.4, -0.2) is 53.4 Å². The lowest BCUT2D eigenvalue weighted by molar-refractivity contribution is -0.123. The lowest BCUT2D eigenvalue weighted by atomic mass is 9.94. The molecule has 2 aromatic carbocycles.